The molecule has 0 saturated heterocycles. The Morgan fingerprint density at radius 2 is 0.579 bits per heavy atom. The molecule has 4 aromatic heterocycles. The van der Waals surface area contributed by atoms with E-state index in [9.17, 15) is 6.85 Å². The van der Waals surface area contributed by atoms with E-state index >= 15 is 0 Å². The number of para-hydroxylation sites is 2. The van der Waals surface area contributed by atoms with Crippen molar-refractivity contribution in [3.63, 3.8) is 0 Å². The van der Waals surface area contributed by atoms with Crippen molar-refractivity contribution >= 4 is 145 Å². The molecule has 6 heterocycles. The first-order chi connectivity index (χ1) is 59.8. The molecule has 594 valence electrons. The summed E-state index contributed by atoms with van der Waals surface area (Å²) in [5, 5.41) is 8.90. The maximum Gasteiger partial charge on any atom is 0.252 e. The Hall–Kier alpha value is -12.8. The molecule has 15 aromatic carbocycles. The highest BCUT2D eigenvalue weighted by Crippen LogP contribution is 2.53. The fraction of sp³-hybridized carbons (Fsp3) is 0.211. The molecule has 7 heteroatoms. The van der Waals surface area contributed by atoms with E-state index in [2.05, 4.69) is 421 Å². The smallest absolute Gasteiger partial charge is 0.252 e. The number of benzene rings is 15. The summed E-state index contributed by atoms with van der Waals surface area (Å²) in [5.41, 5.74) is 30.1. The first-order valence-electron chi connectivity index (χ1n) is 45.5. The average Bonchev–Trinajstić information content (AvgIpc) is 1.20. The van der Waals surface area contributed by atoms with Gasteiger partial charge in [-0.1, -0.05) is 288 Å². The van der Waals surface area contributed by atoms with E-state index in [-0.39, 0.29) is 50.1 Å². The Labute approximate surface area is 719 Å². The third-order valence-corrected chi connectivity index (χ3v) is 26.2. The summed E-state index contributed by atoms with van der Waals surface area (Å²) < 4.78 is 64.0. The van der Waals surface area contributed by atoms with E-state index in [0.29, 0.717) is 11.1 Å². The van der Waals surface area contributed by atoms with Gasteiger partial charge in [0.15, 0.2) is 11.2 Å². The zero-order chi connectivity index (χ0) is 88.0. The van der Waals surface area contributed by atoms with Crippen molar-refractivity contribution in [3.05, 3.63) is 337 Å². The van der Waals surface area contributed by atoms with Crippen molar-refractivity contribution in [3.8, 4) is 50.4 Å². The molecule has 0 amide bonds. The van der Waals surface area contributed by atoms with Crippen molar-refractivity contribution in [1.82, 2.24) is 13.7 Å². The van der Waals surface area contributed by atoms with Gasteiger partial charge in [0.25, 0.3) is 6.71 Å². The van der Waals surface area contributed by atoms with Crippen LogP contribution in [0.15, 0.2) is 308 Å². The minimum absolute atomic E-state index is 0.0877. The summed E-state index contributed by atoms with van der Waals surface area (Å²) >= 11 is 0. The van der Waals surface area contributed by atoms with Crippen molar-refractivity contribution < 1.29 is 11.3 Å². The van der Waals surface area contributed by atoms with Crippen molar-refractivity contribution in [2.24, 2.45) is 0 Å². The van der Waals surface area contributed by atoms with Gasteiger partial charge in [-0.3, -0.25) is 0 Å². The lowest BCUT2D eigenvalue weighted by Gasteiger charge is -2.44. The van der Waals surface area contributed by atoms with E-state index in [1.807, 2.05) is 0 Å². The highest BCUT2D eigenvalue weighted by atomic mass is 16.3. The lowest BCUT2D eigenvalue weighted by atomic mass is 9.33. The Bertz CT molecular complexity index is 7550. The maximum absolute atomic E-state index is 10.2. The second-order valence-corrected chi connectivity index (χ2v) is 40.3. The summed E-state index contributed by atoms with van der Waals surface area (Å²) in [6.07, 6.45) is 0. The molecule has 0 radical (unpaired) electrons. The molecule has 0 atom stereocenters. The molecular weight excluding hydrogens is 1470 g/mol. The number of rotatable bonds is 8. The molecular formula is C114H104BN5O. The Morgan fingerprint density at radius 3 is 0.959 bits per heavy atom. The summed E-state index contributed by atoms with van der Waals surface area (Å²) in [4.78, 5) is 4.82. The molecule has 6 nitrogen and oxygen atoms in total. The van der Waals surface area contributed by atoms with Gasteiger partial charge in [-0.2, -0.15) is 0 Å². The number of hydrogen-bond donors (Lipinski definition) is 0. The number of furan rings is 1. The van der Waals surface area contributed by atoms with Gasteiger partial charge < -0.3 is 27.9 Å². The van der Waals surface area contributed by atoms with Crippen LogP contribution in [0.5, 0.6) is 0 Å². The van der Waals surface area contributed by atoms with E-state index < -0.39 is 24.8 Å². The van der Waals surface area contributed by atoms with E-state index in [4.69, 9.17) is 4.42 Å². The van der Waals surface area contributed by atoms with Crippen LogP contribution in [0.3, 0.4) is 0 Å². The van der Waals surface area contributed by atoms with Gasteiger partial charge in [-0.25, -0.2) is 0 Å². The Balaban J connectivity index is 0.911. The molecule has 2 aliphatic heterocycles. The topological polar surface area (TPSA) is 34.4 Å². The van der Waals surface area contributed by atoms with Crippen molar-refractivity contribution in [1.29, 1.82) is 0 Å². The van der Waals surface area contributed by atoms with Crippen LogP contribution in [0.2, 0.25) is 0 Å². The van der Waals surface area contributed by atoms with Gasteiger partial charge >= 0.3 is 0 Å². The minimum Gasteiger partial charge on any atom is -0.452 e. The molecule has 21 rings (SSSR count). The highest BCUT2D eigenvalue weighted by Gasteiger charge is 2.46. The average molecular weight is 1580 g/mol. The summed E-state index contributed by atoms with van der Waals surface area (Å²) in [5.74, 6) is 0. The molecule has 0 bridgehead atoms. The lowest BCUT2D eigenvalue weighted by Crippen LogP contribution is -2.61. The van der Waals surface area contributed by atoms with Crippen LogP contribution in [0, 0.1) is 0 Å². The fourth-order valence-corrected chi connectivity index (χ4v) is 19.5. The molecule has 2 aliphatic rings. The number of fused-ring (bicyclic) bond motifs is 16. The maximum atomic E-state index is 10.2. The summed E-state index contributed by atoms with van der Waals surface area (Å²) in [7, 11) is 0. The van der Waals surface area contributed by atoms with Gasteiger partial charge in [0.2, 0.25) is 0 Å². The summed E-state index contributed by atoms with van der Waals surface area (Å²) in [6, 6.07) is 99.9. The molecule has 0 unspecified atom stereocenters. The van der Waals surface area contributed by atoms with Crippen LogP contribution in [0.1, 0.15) is 165 Å². The molecule has 0 saturated carbocycles. The van der Waals surface area contributed by atoms with Crippen LogP contribution in [-0.2, 0) is 32.5 Å². The Morgan fingerprint density at radius 1 is 0.240 bits per heavy atom. The van der Waals surface area contributed by atoms with Crippen LogP contribution in [0.25, 0.3) is 138 Å². The predicted octanol–water partition coefficient (Wildman–Crippen LogP) is 29.7. The minimum atomic E-state index is -0.492. The first-order valence-corrected chi connectivity index (χ1v) is 43.0. The first kappa shape index (κ1) is 70.1. The number of nitrogens with zero attached hydrogens (tertiary/aromatic N) is 5. The molecule has 121 heavy (non-hydrogen) atoms. The second kappa shape index (κ2) is 26.8. The Kier molecular flexibility index (Phi) is 15.5. The van der Waals surface area contributed by atoms with Crippen LogP contribution in [-0.4, -0.2) is 20.4 Å². The molecule has 0 fully saturated rings. The fourth-order valence-electron chi connectivity index (χ4n) is 19.5. The monoisotopic (exact) mass is 1570 g/mol. The molecule has 0 aliphatic carbocycles. The van der Waals surface area contributed by atoms with Gasteiger partial charge in [0, 0.05) is 82.9 Å². The third kappa shape index (κ3) is 12.2. The number of aromatic nitrogens is 3. The van der Waals surface area contributed by atoms with E-state index in [1.165, 1.54) is 65.7 Å². The molecule has 0 N–H and O–H groups in total. The quantitative estimate of drug-likeness (QED) is 0.142. The van der Waals surface area contributed by atoms with Crippen molar-refractivity contribution in [2.45, 2.75) is 157 Å². The number of hydrogen-bond acceptors (Lipinski definition) is 3. The highest BCUT2D eigenvalue weighted by molar-refractivity contribution is 7.00. The zero-order valence-electron chi connectivity index (χ0n) is 77.7. The van der Waals surface area contributed by atoms with Gasteiger partial charge in [-0.15, -0.1) is 0 Å². The third-order valence-electron chi connectivity index (χ3n) is 26.2. The van der Waals surface area contributed by atoms with Crippen LogP contribution >= 0.6 is 0 Å². The van der Waals surface area contributed by atoms with Crippen molar-refractivity contribution in [2.75, 3.05) is 9.80 Å². The molecule has 19 aromatic rings. The second-order valence-electron chi connectivity index (χ2n) is 40.3. The van der Waals surface area contributed by atoms with Gasteiger partial charge in [0.05, 0.1) is 51.3 Å². The lowest BCUT2D eigenvalue weighted by molar-refractivity contribution is 0.590. The van der Waals surface area contributed by atoms with Crippen LogP contribution in [0.4, 0.5) is 34.1 Å². The zero-order valence-corrected chi connectivity index (χ0v) is 72.7. The standard InChI is InChI=1S/C114H104BN5O/c1-109(2,3)75-40-50-94-86(61-75)87-62-76(110(4,5)6)41-51-95(87)116(94)81-46-48-92-102(67-81)118(83-57-72(69-30-22-19-23-31-69)56-73(58-83)70-32-24-20-25-33-70)104-59-74(71-34-26-21-27-35-71)60-105-106(104)115(92)93-49-47-82(117-96-52-42-77(111(7,8)9)63-88(96)89-64-78(112(10,11)12)43-53-97(89)117)68-103(93)120(105)101-39-29-37-85-84-36-28-38-100(107(84)121-108(85)101)119-98-54-44-79(113(13,14)15)65-90(98)91-66-80(114(16,17)18)45-55-99(91)119/h19-68H,1-18H3/i21D,26D,27D,34D,35D. The number of anilines is 6. The largest absolute Gasteiger partial charge is 0.452 e. The van der Waals surface area contributed by atoms with Gasteiger partial charge in [0.1, 0.15) is 0 Å². The predicted molar refractivity (Wildman–Crippen MR) is 519 cm³/mol. The van der Waals surface area contributed by atoms with E-state index in [0.717, 1.165) is 139 Å². The molecule has 0 spiro atoms. The van der Waals surface area contributed by atoms with E-state index in [1.54, 1.807) is 0 Å². The SMILES string of the molecule is [2H]c1c([2H])c([2H])c(-c2cc3c4c(c2)N(c2cccc5c2oc2c(-n6c7ccc(C(C)(C)C)cc7c7cc(C(C)(C)C)ccc76)cccc25)c2cc(-n5c6ccc(C(C)(C)C)cc6c6cc(C(C)(C)C)ccc65)ccc2B4c2ccc(-n4c5ccc(C(C)(C)C)cc5c5cc(C(C)(C)C)ccc54)cc2N3c2cc(-c3ccccc3)cc(-c3ccccc3)c2)c([2H])c1[2H]. The van der Waals surface area contributed by atoms with Gasteiger partial charge in [-0.05, 0) is 255 Å². The van der Waals surface area contributed by atoms with Crippen LogP contribution < -0.4 is 26.2 Å². The normalized spacial score (nSPS) is 14.1. The summed E-state index contributed by atoms with van der Waals surface area (Å²) in [6.45, 7) is 40.7.